The molecule has 0 saturated heterocycles. The van der Waals surface area contributed by atoms with E-state index < -0.39 is 0 Å². The number of rotatable bonds is 6. The second kappa shape index (κ2) is 7.78. The molecular weight excluding hydrogens is 342 g/mol. The van der Waals surface area contributed by atoms with Crippen molar-refractivity contribution in [1.29, 1.82) is 0 Å². The number of hydrogen-bond acceptors (Lipinski definition) is 5. The number of aromatic nitrogens is 3. The van der Waals surface area contributed by atoms with Crippen LogP contribution in [0.5, 0.6) is 6.01 Å². The molecule has 1 aromatic carbocycles. The molecule has 0 unspecified atom stereocenters. The standard InChI is InChI=1S/C21H25N3O3/c1-5-6-13-27-20-22-18(15-9-11-16(12-10-15)21(2,3)4)24(23-20)19(25)17-8-7-14-26-17/h7-12,14H,5-6,13H2,1-4H3. The van der Waals surface area contributed by atoms with E-state index in [0.717, 1.165) is 18.4 Å². The number of ether oxygens (including phenoxy) is 1. The van der Waals surface area contributed by atoms with Gasteiger partial charge in [-0.1, -0.05) is 58.4 Å². The monoisotopic (exact) mass is 367 g/mol. The summed E-state index contributed by atoms with van der Waals surface area (Å²) in [5.41, 5.74) is 2.04. The molecule has 6 nitrogen and oxygen atoms in total. The molecule has 27 heavy (non-hydrogen) atoms. The molecule has 0 aliphatic heterocycles. The molecule has 0 atom stereocenters. The third-order valence-electron chi connectivity index (χ3n) is 4.25. The molecule has 0 N–H and O–H groups in total. The van der Waals surface area contributed by atoms with Crippen molar-refractivity contribution in [2.75, 3.05) is 6.61 Å². The normalized spacial score (nSPS) is 11.6. The Morgan fingerprint density at radius 3 is 2.52 bits per heavy atom. The highest BCUT2D eigenvalue weighted by Crippen LogP contribution is 2.26. The lowest BCUT2D eigenvalue weighted by atomic mass is 9.87. The molecule has 0 radical (unpaired) electrons. The van der Waals surface area contributed by atoms with Crippen LogP contribution in [0.25, 0.3) is 11.4 Å². The van der Waals surface area contributed by atoms with Crippen LogP contribution < -0.4 is 4.74 Å². The number of benzene rings is 1. The first-order chi connectivity index (χ1) is 12.9. The molecule has 142 valence electrons. The highest BCUT2D eigenvalue weighted by atomic mass is 16.5. The molecule has 0 amide bonds. The van der Waals surface area contributed by atoms with Gasteiger partial charge in [-0.05, 0) is 29.5 Å². The molecule has 2 heterocycles. The Balaban J connectivity index is 1.98. The maximum absolute atomic E-state index is 12.8. The van der Waals surface area contributed by atoms with Gasteiger partial charge in [-0.15, -0.1) is 5.10 Å². The molecule has 0 aliphatic rings. The van der Waals surface area contributed by atoms with E-state index in [1.54, 1.807) is 12.1 Å². The largest absolute Gasteiger partial charge is 0.462 e. The van der Waals surface area contributed by atoms with Gasteiger partial charge < -0.3 is 9.15 Å². The minimum absolute atomic E-state index is 0.0462. The topological polar surface area (TPSA) is 70.2 Å². The van der Waals surface area contributed by atoms with Crippen LogP contribution in [0.2, 0.25) is 0 Å². The summed E-state index contributed by atoms with van der Waals surface area (Å²) in [4.78, 5) is 17.2. The van der Waals surface area contributed by atoms with E-state index in [0.29, 0.717) is 12.4 Å². The van der Waals surface area contributed by atoms with Crippen LogP contribution in [0.4, 0.5) is 0 Å². The summed E-state index contributed by atoms with van der Waals surface area (Å²) in [6.45, 7) is 9.07. The van der Waals surface area contributed by atoms with Crippen molar-refractivity contribution in [2.45, 2.75) is 46.0 Å². The molecule has 0 fully saturated rings. The summed E-state index contributed by atoms with van der Waals surface area (Å²) < 4.78 is 12.1. The van der Waals surface area contributed by atoms with Gasteiger partial charge in [0.1, 0.15) is 0 Å². The Bertz CT molecular complexity index is 888. The van der Waals surface area contributed by atoms with Crippen LogP contribution in [0.3, 0.4) is 0 Å². The van der Waals surface area contributed by atoms with E-state index in [1.165, 1.54) is 16.5 Å². The van der Waals surface area contributed by atoms with E-state index in [1.807, 2.05) is 24.3 Å². The summed E-state index contributed by atoms with van der Waals surface area (Å²) in [6, 6.07) is 11.5. The van der Waals surface area contributed by atoms with Crippen molar-refractivity contribution in [1.82, 2.24) is 14.8 Å². The van der Waals surface area contributed by atoms with Crippen molar-refractivity contribution in [3.05, 3.63) is 54.0 Å². The Labute approximate surface area is 159 Å². The summed E-state index contributed by atoms with van der Waals surface area (Å²) >= 11 is 0. The number of unbranched alkanes of at least 4 members (excludes halogenated alkanes) is 1. The minimum Gasteiger partial charge on any atom is -0.462 e. The number of furan rings is 1. The predicted molar refractivity (Wildman–Crippen MR) is 103 cm³/mol. The lowest BCUT2D eigenvalue weighted by Crippen LogP contribution is -2.15. The van der Waals surface area contributed by atoms with Gasteiger partial charge in [-0.3, -0.25) is 4.79 Å². The lowest BCUT2D eigenvalue weighted by Gasteiger charge is -2.19. The average Bonchev–Trinajstić information content (AvgIpc) is 3.31. The van der Waals surface area contributed by atoms with E-state index in [2.05, 4.69) is 37.8 Å². The minimum atomic E-state index is -0.382. The molecule has 6 heteroatoms. The van der Waals surface area contributed by atoms with Gasteiger partial charge in [-0.2, -0.15) is 9.67 Å². The van der Waals surface area contributed by atoms with E-state index in [9.17, 15) is 4.79 Å². The first-order valence-corrected chi connectivity index (χ1v) is 9.19. The van der Waals surface area contributed by atoms with E-state index >= 15 is 0 Å². The zero-order valence-electron chi connectivity index (χ0n) is 16.2. The number of nitrogens with zero attached hydrogens (tertiary/aromatic N) is 3. The number of hydrogen-bond donors (Lipinski definition) is 0. The van der Waals surface area contributed by atoms with E-state index in [4.69, 9.17) is 9.15 Å². The van der Waals surface area contributed by atoms with Gasteiger partial charge in [0.15, 0.2) is 11.6 Å². The Kier molecular flexibility index (Phi) is 5.44. The van der Waals surface area contributed by atoms with Crippen molar-refractivity contribution in [3.63, 3.8) is 0 Å². The highest BCUT2D eigenvalue weighted by Gasteiger charge is 2.22. The smallest absolute Gasteiger partial charge is 0.336 e. The summed E-state index contributed by atoms with van der Waals surface area (Å²) in [5.74, 6) is 0.253. The molecule has 0 bridgehead atoms. The van der Waals surface area contributed by atoms with Gasteiger partial charge in [0.05, 0.1) is 12.9 Å². The average molecular weight is 367 g/mol. The van der Waals surface area contributed by atoms with Crippen molar-refractivity contribution in [3.8, 4) is 17.4 Å². The zero-order chi connectivity index (χ0) is 19.4. The fourth-order valence-corrected chi connectivity index (χ4v) is 2.61. The van der Waals surface area contributed by atoms with Crippen LogP contribution in [0.1, 0.15) is 56.7 Å². The van der Waals surface area contributed by atoms with E-state index in [-0.39, 0.29) is 23.1 Å². The lowest BCUT2D eigenvalue weighted by molar-refractivity contribution is 0.0917. The molecule has 0 aliphatic carbocycles. The van der Waals surface area contributed by atoms with Gasteiger partial charge in [0.2, 0.25) is 0 Å². The summed E-state index contributed by atoms with van der Waals surface area (Å²) in [6.07, 6.45) is 3.37. The van der Waals surface area contributed by atoms with Crippen LogP contribution in [-0.2, 0) is 5.41 Å². The Hall–Kier alpha value is -2.89. The third kappa shape index (κ3) is 4.27. The second-order valence-electron chi connectivity index (χ2n) is 7.44. The molecule has 0 saturated carbocycles. The van der Waals surface area contributed by atoms with Crippen LogP contribution in [-0.4, -0.2) is 27.3 Å². The van der Waals surface area contributed by atoms with Crippen LogP contribution in [0.15, 0.2) is 47.1 Å². The van der Waals surface area contributed by atoms with Gasteiger partial charge >= 0.3 is 11.9 Å². The van der Waals surface area contributed by atoms with Crippen molar-refractivity contribution >= 4 is 5.91 Å². The number of carbonyl (C=O) groups excluding carboxylic acids is 1. The molecule has 3 aromatic rings. The van der Waals surface area contributed by atoms with Crippen LogP contribution >= 0.6 is 0 Å². The second-order valence-corrected chi connectivity index (χ2v) is 7.44. The Morgan fingerprint density at radius 1 is 1.19 bits per heavy atom. The highest BCUT2D eigenvalue weighted by molar-refractivity contribution is 5.94. The quantitative estimate of drug-likeness (QED) is 0.591. The van der Waals surface area contributed by atoms with Gasteiger partial charge in [0, 0.05) is 5.56 Å². The number of carbonyl (C=O) groups is 1. The summed E-state index contributed by atoms with van der Waals surface area (Å²) in [5, 5.41) is 4.26. The third-order valence-corrected chi connectivity index (χ3v) is 4.25. The fraction of sp³-hybridized carbons (Fsp3) is 0.381. The molecule has 3 rings (SSSR count). The fourth-order valence-electron chi connectivity index (χ4n) is 2.61. The van der Waals surface area contributed by atoms with Crippen molar-refractivity contribution < 1.29 is 13.9 Å². The van der Waals surface area contributed by atoms with Crippen LogP contribution in [0, 0.1) is 0 Å². The predicted octanol–water partition coefficient (Wildman–Crippen LogP) is 4.70. The first-order valence-electron chi connectivity index (χ1n) is 9.19. The maximum atomic E-state index is 12.8. The summed E-state index contributed by atoms with van der Waals surface area (Å²) in [7, 11) is 0. The van der Waals surface area contributed by atoms with Gasteiger partial charge in [0.25, 0.3) is 0 Å². The van der Waals surface area contributed by atoms with Crippen molar-refractivity contribution in [2.24, 2.45) is 0 Å². The molecule has 2 aromatic heterocycles. The zero-order valence-corrected chi connectivity index (χ0v) is 16.2. The Morgan fingerprint density at radius 2 is 1.93 bits per heavy atom. The maximum Gasteiger partial charge on any atom is 0.336 e. The SMILES string of the molecule is CCCCOc1nc(-c2ccc(C(C)(C)C)cc2)n(C(=O)c2ccco2)n1. The molecule has 0 spiro atoms. The molecular formula is C21H25N3O3. The first kappa shape index (κ1) is 18.9. The van der Waals surface area contributed by atoms with Gasteiger partial charge in [-0.25, -0.2) is 0 Å².